The van der Waals surface area contributed by atoms with E-state index in [1.807, 2.05) is 0 Å². The summed E-state index contributed by atoms with van der Waals surface area (Å²) < 4.78 is 10.5. The Bertz CT molecular complexity index is 550. The van der Waals surface area contributed by atoms with Crippen molar-refractivity contribution in [3.8, 4) is 11.8 Å². The quantitative estimate of drug-likeness (QED) is 0.927. The Balaban J connectivity index is 2.14. The molecule has 1 aromatic rings. The Hall–Kier alpha value is -1.77. The molecule has 0 aliphatic carbocycles. The lowest BCUT2D eigenvalue weighted by Crippen LogP contribution is -2.36. The second kappa shape index (κ2) is 7.30. The SMILES string of the molecule is COc1ccc(Cl)cc1C(C#N)NC(=O)C1CCOCC1. The maximum Gasteiger partial charge on any atom is 0.224 e. The molecule has 0 radical (unpaired) electrons. The number of rotatable bonds is 4. The highest BCUT2D eigenvalue weighted by Gasteiger charge is 2.25. The Morgan fingerprint density at radius 1 is 1.52 bits per heavy atom. The largest absolute Gasteiger partial charge is 0.496 e. The third-order valence-electron chi connectivity index (χ3n) is 3.51. The van der Waals surface area contributed by atoms with Gasteiger partial charge in [0.05, 0.1) is 13.2 Å². The van der Waals surface area contributed by atoms with E-state index in [0.29, 0.717) is 42.4 Å². The molecule has 1 aromatic carbocycles. The third kappa shape index (κ3) is 3.87. The monoisotopic (exact) mass is 308 g/mol. The van der Waals surface area contributed by atoms with Gasteiger partial charge >= 0.3 is 0 Å². The van der Waals surface area contributed by atoms with Gasteiger partial charge in [0.25, 0.3) is 0 Å². The van der Waals surface area contributed by atoms with Gasteiger partial charge in [-0.05, 0) is 31.0 Å². The number of nitrogens with zero attached hydrogens (tertiary/aromatic N) is 1. The van der Waals surface area contributed by atoms with Crippen LogP contribution in [0.25, 0.3) is 0 Å². The maximum absolute atomic E-state index is 12.2. The van der Waals surface area contributed by atoms with Crippen LogP contribution in [0, 0.1) is 17.2 Å². The standard InChI is InChI=1S/C15H17ClN2O3/c1-20-14-3-2-11(16)8-12(14)13(9-17)18-15(19)10-4-6-21-7-5-10/h2-3,8,10,13H,4-7H2,1H3,(H,18,19). The summed E-state index contributed by atoms with van der Waals surface area (Å²) in [5.74, 6) is 0.282. The highest BCUT2D eigenvalue weighted by Crippen LogP contribution is 2.28. The molecule has 0 spiro atoms. The van der Waals surface area contributed by atoms with Gasteiger partial charge in [0.15, 0.2) is 0 Å². The normalized spacial score (nSPS) is 16.8. The Kier molecular flexibility index (Phi) is 5.43. The maximum atomic E-state index is 12.2. The van der Waals surface area contributed by atoms with Crippen LogP contribution in [0.4, 0.5) is 0 Å². The minimum absolute atomic E-state index is 0.111. The Morgan fingerprint density at radius 2 is 2.24 bits per heavy atom. The zero-order valence-corrected chi connectivity index (χ0v) is 12.5. The first-order valence-corrected chi connectivity index (χ1v) is 7.14. The summed E-state index contributed by atoms with van der Waals surface area (Å²) in [5, 5.41) is 12.6. The average Bonchev–Trinajstić information content (AvgIpc) is 2.53. The van der Waals surface area contributed by atoms with Gasteiger partial charge < -0.3 is 14.8 Å². The summed E-state index contributed by atoms with van der Waals surface area (Å²) in [7, 11) is 1.52. The van der Waals surface area contributed by atoms with Gasteiger partial charge in [-0.2, -0.15) is 5.26 Å². The lowest BCUT2D eigenvalue weighted by molar-refractivity contribution is -0.128. The van der Waals surface area contributed by atoms with E-state index in [1.165, 1.54) is 7.11 Å². The molecule has 1 aliphatic heterocycles. The first kappa shape index (κ1) is 15.6. The van der Waals surface area contributed by atoms with Crippen molar-refractivity contribution in [1.29, 1.82) is 5.26 Å². The fourth-order valence-electron chi connectivity index (χ4n) is 2.33. The van der Waals surface area contributed by atoms with Crippen molar-refractivity contribution in [2.45, 2.75) is 18.9 Å². The molecule has 6 heteroatoms. The van der Waals surface area contributed by atoms with Crippen molar-refractivity contribution in [3.05, 3.63) is 28.8 Å². The molecule has 0 aromatic heterocycles. The van der Waals surface area contributed by atoms with Crippen LogP contribution in [-0.2, 0) is 9.53 Å². The summed E-state index contributed by atoms with van der Waals surface area (Å²) in [5.41, 5.74) is 0.563. The van der Waals surface area contributed by atoms with Crippen molar-refractivity contribution in [1.82, 2.24) is 5.32 Å². The van der Waals surface area contributed by atoms with Crippen molar-refractivity contribution >= 4 is 17.5 Å². The summed E-state index contributed by atoms with van der Waals surface area (Å²) in [6.45, 7) is 1.16. The van der Waals surface area contributed by atoms with Gasteiger partial charge in [-0.25, -0.2) is 0 Å². The smallest absolute Gasteiger partial charge is 0.224 e. The van der Waals surface area contributed by atoms with Crippen LogP contribution < -0.4 is 10.1 Å². The lowest BCUT2D eigenvalue weighted by Gasteiger charge is -2.23. The van der Waals surface area contributed by atoms with Gasteiger partial charge in [0.2, 0.25) is 5.91 Å². The fourth-order valence-corrected chi connectivity index (χ4v) is 2.51. The molecule has 1 N–H and O–H groups in total. The van der Waals surface area contributed by atoms with E-state index in [0.717, 1.165) is 0 Å². The number of halogens is 1. The summed E-state index contributed by atoms with van der Waals surface area (Å²) >= 11 is 5.97. The molecule has 1 atom stereocenters. The molecular weight excluding hydrogens is 292 g/mol. The molecule has 112 valence electrons. The lowest BCUT2D eigenvalue weighted by atomic mass is 9.98. The van der Waals surface area contributed by atoms with Crippen LogP contribution in [0.5, 0.6) is 5.75 Å². The van der Waals surface area contributed by atoms with Gasteiger partial charge in [0, 0.05) is 29.7 Å². The van der Waals surface area contributed by atoms with E-state index in [-0.39, 0.29) is 11.8 Å². The Morgan fingerprint density at radius 3 is 2.86 bits per heavy atom. The van der Waals surface area contributed by atoms with Crippen LogP contribution in [0.2, 0.25) is 5.02 Å². The topological polar surface area (TPSA) is 71.3 Å². The number of amides is 1. The van der Waals surface area contributed by atoms with Crippen molar-refractivity contribution in [2.75, 3.05) is 20.3 Å². The summed E-state index contributed by atoms with van der Waals surface area (Å²) in [6.07, 6.45) is 1.35. The predicted molar refractivity (Wildman–Crippen MR) is 78.0 cm³/mol. The highest BCUT2D eigenvalue weighted by molar-refractivity contribution is 6.30. The molecule has 5 nitrogen and oxygen atoms in total. The molecule has 1 unspecified atom stereocenters. The van der Waals surface area contributed by atoms with Gasteiger partial charge in [-0.1, -0.05) is 11.6 Å². The third-order valence-corrected chi connectivity index (χ3v) is 3.75. The number of hydrogen-bond donors (Lipinski definition) is 1. The first-order valence-electron chi connectivity index (χ1n) is 6.77. The van der Waals surface area contributed by atoms with Crippen LogP contribution in [0.15, 0.2) is 18.2 Å². The van der Waals surface area contributed by atoms with E-state index in [1.54, 1.807) is 18.2 Å². The van der Waals surface area contributed by atoms with Crippen LogP contribution >= 0.6 is 11.6 Å². The van der Waals surface area contributed by atoms with Gasteiger partial charge in [-0.15, -0.1) is 0 Å². The van der Waals surface area contributed by atoms with Gasteiger partial charge in [-0.3, -0.25) is 4.79 Å². The molecular formula is C15H17ClN2O3. The number of carbonyl (C=O) groups is 1. The molecule has 1 fully saturated rings. The molecule has 1 heterocycles. The molecule has 21 heavy (non-hydrogen) atoms. The zero-order valence-electron chi connectivity index (χ0n) is 11.8. The van der Waals surface area contributed by atoms with Crippen LogP contribution in [0.1, 0.15) is 24.4 Å². The number of benzene rings is 1. The van der Waals surface area contributed by atoms with E-state index in [2.05, 4.69) is 11.4 Å². The molecule has 0 bridgehead atoms. The number of carbonyl (C=O) groups excluding carboxylic acids is 1. The molecule has 1 amide bonds. The van der Waals surface area contributed by atoms with Crippen molar-refractivity contribution < 1.29 is 14.3 Å². The van der Waals surface area contributed by atoms with Crippen molar-refractivity contribution in [2.24, 2.45) is 5.92 Å². The average molecular weight is 309 g/mol. The number of nitrogens with one attached hydrogen (secondary N) is 1. The van der Waals surface area contributed by atoms with Crippen molar-refractivity contribution in [3.63, 3.8) is 0 Å². The molecule has 0 saturated carbocycles. The highest BCUT2D eigenvalue weighted by atomic mass is 35.5. The van der Waals surface area contributed by atoms with E-state index < -0.39 is 6.04 Å². The Labute approximate surface area is 128 Å². The van der Waals surface area contributed by atoms with E-state index in [9.17, 15) is 10.1 Å². The summed E-state index contributed by atoms with van der Waals surface area (Å²) in [6, 6.07) is 6.30. The zero-order chi connectivity index (χ0) is 15.2. The second-order valence-corrected chi connectivity index (χ2v) is 5.28. The first-order chi connectivity index (χ1) is 10.2. The molecule has 1 aliphatic rings. The van der Waals surface area contributed by atoms with Crippen LogP contribution in [-0.4, -0.2) is 26.2 Å². The van der Waals surface area contributed by atoms with E-state index >= 15 is 0 Å². The minimum Gasteiger partial charge on any atom is -0.496 e. The fraction of sp³-hybridized carbons (Fsp3) is 0.467. The van der Waals surface area contributed by atoms with E-state index in [4.69, 9.17) is 21.1 Å². The second-order valence-electron chi connectivity index (χ2n) is 4.84. The number of methoxy groups -OCH3 is 1. The predicted octanol–water partition coefficient (Wildman–Crippen LogP) is 2.46. The minimum atomic E-state index is -0.783. The molecule has 2 rings (SSSR count). The number of ether oxygens (including phenoxy) is 2. The number of hydrogen-bond acceptors (Lipinski definition) is 4. The van der Waals surface area contributed by atoms with Gasteiger partial charge in [0.1, 0.15) is 11.8 Å². The molecule has 1 saturated heterocycles. The number of nitriles is 1. The van der Waals surface area contributed by atoms with Crippen LogP contribution in [0.3, 0.4) is 0 Å². The summed E-state index contributed by atoms with van der Waals surface area (Å²) in [4.78, 5) is 12.2.